The van der Waals surface area contributed by atoms with Gasteiger partial charge < -0.3 is 5.32 Å². The van der Waals surface area contributed by atoms with Gasteiger partial charge in [-0.3, -0.25) is 19.5 Å². The number of aryl methyl sites for hydroxylation is 1. The van der Waals surface area contributed by atoms with Crippen molar-refractivity contribution >= 4 is 16.7 Å². The summed E-state index contributed by atoms with van der Waals surface area (Å²) in [4.78, 5) is 36.4. The molecule has 7 nitrogen and oxygen atoms in total. The third-order valence-corrected chi connectivity index (χ3v) is 4.02. The van der Waals surface area contributed by atoms with E-state index in [-0.39, 0.29) is 30.0 Å². The fourth-order valence-electron chi connectivity index (χ4n) is 2.60. The van der Waals surface area contributed by atoms with Gasteiger partial charge in [-0.05, 0) is 29.8 Å². The van der Waals surface area contributed by atoms with E-state index in [9.17, 15) is 14.4 Å². The number of hydrogen-bond donors (Lipinski definition) is 2. The molecule has 0 unspecified atom stereocenters. The minimum Gasteiger partial charge on any atom is -0.352 e. The fraction of sp³-hybridized carbons (Fsp3) is 0.158. The van der Waals surface area contributed by atoms with Crippen LogP contribution < -0.4 is 16.4 Å². The fourth-order valence-corrected chi connectivity index (χ4v) is 2.60. The van der Waals surface area contributed by atoms with Crippen LogP contribution in [0.15, 0.2) is 58.1 Å². The molecule has 0 fully saturated rings. The molecule has 0 saturated carbocycles. The highest BCUT2D eigenvalue weighted by Crippen LogP contribution is 2.04. The Morgan fingerprint density at radius 2 is 1.77 bits per heavy atom. The summed E-state index contributed by atoms with van der Waals surface area (Å²) in [7, 11) is 0. The molecular weight excluding hydrogens is 332 g/mol. The summed E-state index contributed by atoms with van der Waals surface area (Å²) in [6.07, 6.45) is 0.0600. The van der Waals surface area contributed by atoms with Crippen molar-refractivity contribution in [1.82, 2.24) is 15.1 Å². The van der Waals surface area contributed by atoms with Crippen LogP contribution in [-0.4, -0.2) is 15.7 Å². The third-order valence-electron chi connectivity index (χ3n) is 4.02. The molecule has 1 heterocycles. The molecule has 0 bridgehead atoms. The number of fused-ring (bicyclic) bond motifs is 1. The lowest BCUT2D eigenvalue weighted by molar-refractivity contribution is -0.121. The lowest BCUT2D eigenvalue weighted by Gasteiger charge is -2.08. The van der Waals surface area contributed by atoms with Gasteiger partial charge in [-0.2, -0.15) is 5.26 Å². The quantitative estimate of drug-likeness (QED) is 0.724. The Kier molecular flexibility index (Phi) is 4.94. The summed E-state index contributed by atoms with van der Waals surface area (Å²) >= 11 is 0. The predicted octanol–water partition coefficient (Wildman–Crippen LogP) is 1.27. The van der Waals surface area contributed by atoms with Gasteiger partial charge in [0.25, 0.3) is 11.1 Å². The Morgan fingerprint density at radius 1 is 1.08 bits per heavy atom. The second-order valence-electron chi connectivity index (χ2n) is 5.78. The van der Waals surface area contributed by atoms with Crippen LogP contribution >= 0.6 is 0 Å². The van der Waals surface area contributed by atoms with E-state index in [1.165, 1.54) is 0 Å². The number of aromatic amines is 1. The van der Waals surface area contributed by atoms with Crippen molar-refractivity contribution in [2.45, 2.75) is 19.5 Å². The van der Waals surface area contributed by atoms with Crippen LogP contribution in [0.2, 0.25) is 0 Å². The summed E-state index contributed by atoms with van der Waals surface area (Å²) in [5, 5.41) is 14.7. The SMILES string of the molecule is N#Cc1ccc(CNC(=O)CCn2[nH]c(=O)c3ccccc3c2=O)cc1. The molecule has 2 aromatic carbocycles. The van der Waals surface area contributed by atoms with Crippen molar-refractivity contribution < 1.29 is 4.79 Å². The van der Waals surface area contributed by atoms with Gasteiger partial charge in [-0.25, -0.2) is 4.68 Å². The Morgan fingerprint density at radius 3 is 2.46 bits per heavy atom. The Balaban J connectivity index is 1.63. The first kappa shape index (κ1) is 17.2. The molecule has 0 saturated heterocycles. The molecule has 1 aromatic heterocycles. The molecule has 3 aromatic rings. The molecule has 7 heteroatoms. The highest BCUT2D eigenvalue weighted by molar-refractivity contribution is 5.80. The summed E-state index contributed by atoms with van der Waals surface area (Å²) < 4.78 is 1.16. The van der Waals surface area contributed by atoms with Crippen molar-refractivity contribution in [1.29, 1.82) is 5.26 Å². The largest absolute Gasteiger partial charge is 0.352 e. The van der Waals surface area contributed by atoms with Crippen molar-refractivity contribution in [3.8, 4) is 6.07 Å². The Bertz CT molecular complexity index is 1100. The van der Waals surface area contributed by atoms with Gasteiger partial charge >= 0.3 is 0 Å². The van der Waals surface area contributed by atoms with Gasteiger partial charge in [0.15, 0.2) is 0 Å². The Labute approximate surface area is 148 Å². The average Bonchev–Trinajstić information content (AvgIpc) is 2.68. The maximum Gasteiger partial charge on any atom is 0.273 e. The minimum absolute atomic E-state index is 0.0600. The zero-order valence-electron chi connectivity index (χ0n) is 13.9. The van der Waals surface area contributed by atoms with Gasteiger partial charge in [0.1, 0.15) is 0 Å². The molecule has 2 N–H and O–H groups in total. The first-order valence-corrected chi connectivity index (χ1v) is 8.06. The average molecular weight is 348 g/mol. The first-order chi connectivity index (χ1) is 12.6. The van der Waals surface area contributed by atoms with E-state index < -0.39 is 0 Å². The molecule has 1 amide bonds. The normalized spacial score (nSPS) is 10.4. The minimum atomic E-state index is -0.363. The van der Waals surface area contributed by atoms with Crippen LogP contribution in [-0.2, 0) is 17.9 Å². The van der Waals surface area contributed by atoms with Gasteiger partial charge in [0.05, 0.1) is 28.9 Å². The van der Waals surface area contributed by atoms with Crippen LogP contribution in [0.1, 0.15) is 17.5 Å². The number of nitriles is 1. The molecule has 0 aliphatic carbocycles. The molecule has 0 atom stereocenters. The van der Waals surface area contributed by atoms with Crippen LogP contribution in [0.4, 0.5) is 0 Å². The number of carbonyl (C=O) groups is 1. The van der Waals surface area contributed by atoms with Crippen molar-refractivity contribution in [2.75, 3.05) is 0 Å². The zero-order chi connectivity index (χ0) is 18.5. The number of nitrogens with one attached hydrogen (secondary N) is 2. The van der Waals surface area contributed by atoms with Crippen LogP contribution in [0, 0.1) is 11.3 Å². The molecule has 0 aliphatic heterocycles. The summed E-state index contributed by atoms with van der Waals surface area (Å²) in [5.41, 5.74) is 0.728. The topological polar surface area (TPSA) is 108 Å². The molecule has 3 rings (SSSR count). The lowest BCUT2D eigenvalue weighted by Crippen LogP contribution is -2.32. The van der Waals surface area contributed by atoms with E-state index in [0.29, 0.717) is 22.9 Å². The Hall–Kier alpha value is -3.66. The highest BCUT2D eigenvalue weighted by Gasteiger charge is 2.08. The van der Waals surface area contributed by atoms with Crippen molar-refractivity contribution in [3.05, 3.63) is 80.4 Å². The van der Waals surface area contributed by atoms with Crippen LogP contribution in [0.3, 0.4) is 0 Å². The summed E-state index contributed by atoms with van der Waals surface area (Å²) in [5.74, 6) is -0.240. The molecule has 26 heavy (non-hydrogen) atoms. The molecule has 0 spiro atoms. The van der Waals surface area contributed by atoms with E-state index >= 15 is 0 Å². The second kappa shape index (κ2) is 7.49. The van der Waals surface area contributed by atoms with Crippen molar-refractivity contribution in [2.24, 2.45) is 0 Å². The zero-order valence-corrected chi connectivity index (χ0v) is 13.9. The molecule has 130 valence electrons. The van der Waals surface area contributed by atoms with E-state index in [2.05, 4.69) is 10.4 Å². The highest BCUT2D eigenvalue weighted by atomic mass is 16.2. The monoisotopic (exact) mass is 348 g/mol. The molecule has 0 aliphatic rings. The van der Waals surface area contributed by atoms with Gasteiger partial charge in [-0.15, -0.1) is 0 Å². The van der Waals surface area contributed by atoms with E-state index in [0.717, 1.165) is 10.2 Å². The number of carbonyl (C=O) groups excluding carboxylic acids is 1. The number of hydrogen-bond acceptors (Lipinski definition) is 4. The summed E-state index contributed by atoms with van der Waals surface area (Å²) in [6.45, 7) is 0.409. The lowest BCUT2D eigenvalue weighted by atomic mass is 10.1. The van der Waals surface area contributed by atoms with Crippen LogP contribution in [0.5, 0.6) is 0 Å². The van der Waals surface area contributed by atoms with Gasteiger partial charge in [-0.1, -0.05) is 24.3 Å². The van der Waals surface area contributed by atoms with Gasteiger partial charge in [0.2, 0.25) is 5.91 Å². The number of amides is 1. The molecular formula is C19H16N4O3. The predicted molar refractivity (Wildman–Crippen MR) is 96.4 cm³/mol. The van der Waals surface area contributed by atoms with E-state index in [4.69, 9.17) is 5.26 Å². The first-order valence-electron chi connectivity index (χ1n) is 8.06. The van der Waals surface area contributed by atoms with Gasteiger partial charge in [0, 0.05) is 13.0 Å². The van der Waals surface area contributed by atoms with E-state index in [1.807, 2.05) is 6.07 Å². The number of aromatic nitrogens is 2. The number of nitrogens with zero attached hydrogens (tertiary/aromatic N) is 2. The maximum atomic E-state index is 12.4. The third kappa shape index (κ3) is 3.70. The summed E-state index contributed by atoms with van der Waals surface area (Å²) in [6, 6.07) is 15.5. The maximum absolute atomic E-state index is 12.4. The van der Waals surface area contributed by atoms with Crippen LogP contribution in [0.25, 0.3) is 10.8 Å². The van der Waals surface area contributed by atoms with Crippen molar-refractivity contribution in [3.63, 3.8) is 0 Å². The molecule has 0 radical (unpaired) electrons. The smallest absolute Gasteiger partial charge is 0.273 e. The number of H-pyrrole nitrogens is 1. The number of rotatable bonds is 5. The van der Waals surface area contributed by atoms with E-state index in [1.54, 1.807) is 48.5 Å². The number of benzene rings is 2. The second-order valence-corrected chi connectivity index (χ2v) is 5.78. The standard InChI is InChI=1S/C19H16N4O3/c20-11-13-5-7-14(8-6-13)12-21-17(24)9-10-23-19(26)16-4-2-1-3-15(16)18(25)22-23/h1-8H,9-10,12H2,(H,21,24)(H,22,25).